The van der Waals surface area contributed by atoms with E-state index in [1.165, 1.54) is 6.07 Å². The van der Waals surface area contributed by atoms with Gasteiger partial charge in [0.25, 0.3) is 0 Å². The van der Waals surface area contributed by atoms with E-state index in [9.17, 15) is 4.39 Å². The molecule has 1 aliphatic heterocycles. The molecule has 0 spiro atoms. The Morgan fingerprint density at radius 2 is 2.36 bits per heavy atom. The molecule has 2 atom stereocenters. The summed E-state index contributed by atoms with van der Waals surface area (Å²) in [6.45, 7) is 1.34. The third-order valence-corrected chi connectivity index (χ3v) is 4.77. The van der Waals surface area contributed by atoms with Crippen LogP contribution in [-0.2, 0) is 18.3 Å². The number of hydrogen-bond acceptors (Lipinski definition) is 3. The van der Waals surface area contributed by atoms with E-state index in [1.54, 1.807) is 18.3 Å². The zero-order chi connectivity index (χ0) is 15.5. The van der Waals surface area contributed by atoms with Gasteiger partial charge in [-0.05, 0) is 36.6 Å². The normalized spacial score (nSPS) is 22.0. The average molecular weight is 368 g/mol. The first kappa shape index (κ1) is 15.6. The van der Waals surface area contributed by atoms with Gasteiger partial charge in [0.15, 0.2) is 0 Å². The summed E-state index contributed by atoms with van der Waals surface area (Å²) in [4.78, 5) is 4.41. The maximum absolute atomic E-state index is 13.4. The molecule has 1 fully saturated rings. The number of aryl methyl sites for hydroxylation is 1. The van der Waals surface area contributed by atoms with Crippen LogP contribution < -0.4 is 5.32 Å². The van der Waals surface area contributed by atoms with Crippen molar-refractivity contribution in [1.29, 1.82) is 0 Å². The molecule has 0 bridgehead atoms. The van der Waals surface area contributed by atoms with E-state index < -0.39 is 0 Å². The number of imidazole rings is 1. The number of halogens is 2. The summed E-state index contributed by atoms with van der Waals surface area (Å²) in [6, 6.07) is 4.91. The van der Waals surface area contributed by atoms with Gasteiger partial charge in [-0.3, -0.25) is 0 Å². The predicted molar refractivity (Wildman–Crippen MR) is 85.9 cm³/mol. The fraction of sp³-hybridized carbons (Fsp3) is 0.438. The van der Waals surface area contributed by atoms with Crippen molar-refractivity contribution in [2.24, 2.45) is 7.05 Å². The van der Waals surface area contributed by atoms with E-state index >= 15 is 0 Å². The van der Waals surface area contributed by atoms with Crippen LogP contribution in [0.4, 0.5) is 4.39 Å². The summed E-state index contributed by atoms with van der Waals surface area (Å²) in [5, 5.41) is 3.50. The molecule has 1 saturated heterocycles. The number of ether oxygens (including phenoxy) is 1. The number of nitrogens with zero attached hydrogens (tertiary/aromatic N) is 2. The average Bonchev–Trinajstić information content (AvgIpc) is 2.94. The Labute approximate surface area is 137 Å². The molecule has 0 unspecified atom stereocenters. The molecule has 4 nitrogen and oxygen atoms in total. The number of aromatic nitrogens is 2. The molecule has 1 aromatic carbocycles. The summed E-state index contributed by atoms with van der Waals surface area (Å²) in [7, 11) is 1.97. The summed E-state index contributed by atoms with van der Waals surface area (Å²) in [5.74, 6) is 0.705. The lowest BCUT2D eigenvalue weighted by Crippen LogP contribution is -2.40. The maximum Gasteiger partial charge on any atom is 0.139 e. The van der Waals surface area contributed by atoms with E-state index in [2.05, 4.69) is 26.2 Å². The molecule has 0 amide bonds. The highest BCUT2D eigenvalue weighted by Gasteiger charge is 2.29. The number of benzene rings is 1. The monoisotopic (exact) mass is 367 g/mol. The van der Waals surface area contributed by atoms with E-state index in [1.807, 2.05) is 17.8 Å². The van der Waals surface area contributed by atoms with Crippen LogP contribution in [0.3, 0.4) is 0 Å². The van der Waals surface area contributed by atoms with Crippen LogP contribution in [-0.4, -0.2) is 22.2 Å². The van der Waals surface area contributed by atoms with Gasteiger partial charge in [-0.15, -0.1) is 0 Å². The first-order valence-corrected chi connectivity index (χ1v) is 8.20. The Kier molecular flexibility index (Phi) is 4.90. The van der Waals surface area contributed by atoms with Crippen molar-refractivity contribution < 1.29 is 9.13 Å². The van der Waals surface area contributed by atoms with Gasteiger partial charge in [-0.25, -0.2) is 9.37 Å². The van der Waals surface area contributed by atoms with Gasteiger partial charge < -0.3 is 14.6 Å². The summed E-state index contributed by atoms with van der Waals surface area (Å²) < 4.78 is 22.2. The van der Waals surface area contributed by atoms with Crippen LogP contribution in [0.1, 0.15) is 30.3 Å². The molecule has 6 heteroatoms. The number of nitrogens with one attached hydrogen (secondary N) is 1. The Balaban J connectivity index is 1.72. The fourth-order valence-corrected chi connectivity index (χ4v) is 3.20. The van der Waals surface area contributed by atoms with Crippen molar-refractivity contribution in [1.82, 2.24) is 14.9 Å². The topological polar surface area (TPSA) is 39.1 Å². The van der Waals surface area contributed by atoms with Crippen LogP contribution in [0, 0.1) is 5.82 Å². The SMILES string of the molecule is Cn1ccnc1[C@H]1OCCC[C@@H]1NCc1cc(F)ccc1Br. The minimum absolute atomic E-state index is 0.0684. The summed E-state index contributed by atoms with van der Waals surface area (Å²) in [6.07, 6.45) is 5.68. The fourth-order valence-electron chi connectivity index (χ4n) is 2.82. The lowest BCUT2D eigenvalue weighted by molar-refractivity contribution is -0.0178. The van der Waals surface area contributed by atoms with Crippen LogP contribution in [0.25, 0.3) is 0 Å². The predicted octanol–water partition coefficient (Wildman–Crippen LogP) is 3.33. The standard InChI is InChI=1S/C16H19BrFN3O/c1-21-7-6-19-16(21)15-14(3-2-8-22-15)20-10-11-9-12(18)4-5-13(11)17/h4-7,9,14-15,20H,2-3,8,10H2,1H3/t14-,15-/m0/s1. The van der Waals surface area contributed by atoms with Crippen molar-refractivity contribution in [3.05, 3.63) is 52.3 Å². The first-order valence-electron chi connectivity index (χ1n) is 7.41. The highest BCUT2D eigenvalue weighted by atomic mass is 79.9. The van der Waals surface area contributed by atoms with E-state index in [-0.39, 0.29) is 18.0 Å². The Bertz CT molecular complexity index is 646. The molecule has 1 aromatic heterocycles. The Morgan fingerprint density at radius 1 is 1.50 bits per heavy atom. The van der Waals surface area contributed by atoms with Crippen LogP contribution in [0.2, 0.25) is 0 Å². The quantitative estimate of drug-likeness (QED) is 0.900. The first-order chi connectivity index (χ1) is 10.6. The molecule has 2 heterocycles. The van der Waals surface area contributed by atoms with Crippen molar-refractivity contribution in [3.8, 4) is 0 Å². The molecule has 1 aliphatic rings. The van der Waals surface area contributed by atoms with E-state index in [0.29, 0.717) is 6.54 Å². The zero-order valence-electron chi connectivity index (χ0n) is 12.4. The van der Waals surface area contributed by atoms with E-state index in [0.717, 1.165) is 35.3 Å². The molecule has 118 valence electrons. The van der Waals surface area contributed by atoms with Gasteiger partial charge in [0.05, 0.1) is 0 Å². The molecule has 2 aromatic rings. The smallest absolute Gasteiger partial charge is 0.139 e. The van der Waals surface area contributed by atoms with Crippen molar-refractivity contribution in [2.45, 2.75) is 31.5 Å². The molecule has 3 rings (SSSR count). The highest BCUT2D eigenvalue weighted by molar-refractivity contribution is 9.10. The molecule has 0 radical (unpaired) electrons. The van der Waals surface area contributed by atoms with Crippen molar-refractivity contribution >= 4 is 15.9 Å². The van der Waals surface area contributed by atoms with Gasteiger partial charge >= 0.3 is 0 Å². The lowest BCUT2D eigenvalue weighted by Gasteiger charge is -2.32. The van der Waals surface area contributed by atoms with Crippen molar-refractivity contribution in [3.63, 3.8) is 0 Å². The molecule has 1 N–H and O–H groups in total. The Hall–Kier alpha value is -1.24. The van der Waals surface area contributed by atoms with Gasteiger partial charge in [-0.1, -0.05) is 15.9 Å². The minimum atomic E-state index is -0.222. The molecular formula is C16H19BrFN3O. The van der Waals surface area contributed by atoms with Crippen LogP contribution in [0.5, 0.6) is 0 Å². The largest absolute Gasteiger partial charge is 0.369 e. The zero-order valence-corrected chi connectivity index (χ0v) is 14.0. The molecule has 0 saturated carbocycles. The number of hydrogen-bond donors (Lipinski definition) is 1. The Morgan fingerprint density at radius 3 is 3.14 bits per heavy atom. The van der Waals surface area contributed by atoms with Gasteiger partial charge in [0, 0.05) is 43.1 Å². The third-order valence-electron chi connectivity index (χ3n) is 4.00. The van der Waals surface area contributed by atoms with Gasteiger partial charge in [0.2, 0.25) is 0 Å². The second kappa shape index (κ2) is 6.89. The molecule has 0 aliphatic carbocycles. The van der Waals surface area contributed by atoms with Crippen molar-refractivity contribution in [2.75, 3.05) is 6.61 Å². The minimum Gasteiger partial charge on any atom is -0.369 e. The second-order valence-electron chi connectivity index (χ2n) is 5.55. The lowest BCUT2D eigenvalue weighted by atomic mass is 10.0. The summed E-state index contributed by atoms with van der Waals surface area (Å²) >= 11 is 3.47. The maximum atomic E-state index is 13.4. The van der Waals surface area contributed by atoms with E-state index in [4.69, 9.17) is 4.74 Å². The third kappa shape index (κ3) is 3.39. The van der Waals surface area contributed by atoms with Crippen LogP contribution in [0.15, 0.2) is 35.1 Å². The second-order valence-corrected chi connectivity index (χ2v) is 6.41. The number of rotatable bonds is 4. The van der Waals surface area contributed by atoms with Gasteiger partial charge in [0.1, 0.15) is 17.7 Å². The molecular weight excluding hydrogens is 349 g/mol. The molecule has 22 heavy (non-hydrogen) atoms. The highest BCUT2D eigenvalue weighted by Crippen LogP contribution is 2.28. The van der Waals surface area contributed by atoms with Gasteiger partial charge in [-0.2, -0.15) is 0 Å². The summed E-state index contributed by atoms with van der Waals surface area (Å²) in [5.41, 5.74) is 0.907. The van der Waals surface area contributed by atoms with Crippen LogP contribution >= 0.6 is 15.9 Å².